The van der Waals surface area contributed by atoms with Gasteiger partial charge in [0.1, 0.15) is 0 Å². The fourth-order valence-corrected chi connectivity index (χ4v) is 3.88. The molecule has 3 unspecified atom stereocenters. The van der Waals surface area contributed by atoms with Crippen LogP contribution in [0.2, 0.25) is 0 Å². The minimum atomic E-state index is 0.787. The van der Waals surface area contributed by atoms with Gasteiger partial charge in [0.15, 0.2) is 0 Å². The molecule has 0 rings (SSSR count). The van der Waals surface area contributed by atoms with Crippen LogP contribution in [-0.4, -0.2) is 25.0 Å². The van der Waals surface area contributed by atoms with E-state index in [4.69, 9.17) is 0 Å². The fourth-order valence-electron chi connectivity index (χ4n) is 3.88. The highest BCUT2D eigenvalue weighted by atomic mass is 15.1. The molecule has 0 aromatic heterocycles. The van der Waals surface area contributed by atoms with E-state index in [1.54, 1.807) is 0 Å². The quantitative estimate of drug-likeness (QED) is 0.273. The summed E-state index contributed by atoms with van der Waals surface area (Å²) in [6, 6.07) is 0.787. The van der Waals surface area contributed by atoms with Crippen LogP contribution in [0.3, 0.4) is 0 Å². The van der Waals surface area contributed by atoms with Crippen molar-refractivity contribution < 1.29 is 0 Å². The van der Waals surface area contributed by atoms with Gasteiger partial charge in [-0.05, 0) is 57.0 Å². The van der Waals surface area contributed by atoms with Gasteiger partial charge in [-0.2, -0.15) is 0 Å². The van der Waals surface area contributed by atoms with E-state index in [1.807, 2.05) is 0 Å². The van der Waals surface area contributed by atoms with Gasteiger partial charge in [0, 0.05) is 6.04 Å². The molecular formula is C24H51N. The van der Waals surface area contributed by atoms with Crippen LogP contribution in [0.25, 0.3) is 0 Å². The Morgan fingerprint density at radius 2 is 0.880 bits per heavy atom. The largest absolute Gasteiger partial charge is 0.306 e. The average Bonchev–Trinajstić information content (AvgIpc) is 2.49. The minimum Gasteiger partial charge on any atom is -0.306 e. The van der Waals surface area contributed by atoms with Crippen LogP contribution in [0.15, 0.2) is 0 Å². The van der Waals surface area contributed by atoms with Gasteiger partial charge in [0.25, 0.3) is 0 Å². The van der Waals surface area contributed by atoms with Crippen LogP contribution in [0.1, 0.15) is 112 Å². The fraction of sp³-hybridized carbons (Fsp3) is 1.00. The molecule has 0 N–H and O–H groups in total. The molecule has 0 radical (unpaired) electrons. The average molecular weight is 354 g/mol. The third-order valence-corrected chi connectivity index (χ3v) is 5.91. The third kappa shape index (κ3) is 15.9. The molecule has 3 atom stereocenters. The van der Waals surface area contributed by atoms with Crippen molar-refractivity contribution in [2.75, 3.05) is 14.1 Å². The van der Waals surface area contributed by atoms with E-state index >= 15 is 0 Å². The summed E-state index contributed by atoms with van der Waals surface area (Å²) in [5.41, 5.74) is 0. The summed E-state index contributed by atoms with van der Waals surface area (Å²) < 4.78 is 0. The van der Waals surface area contributed by atoms with E-state index in [2.05, 4.69) is 60.5 Å². The smallest absolute Gasteiger partial charge is 0.00892 e. The predicted molar refractivity (Wildman–Crippen MR) is 116 cm³/mol. The van der Waals surface area contributed by atoms with E-state index in [0.717, 1.165) is 29.7 Å². The van der Waals surface area contributed by atoms with Gasteiger partial charge in [-0.15, -0.1) is 0 Å². The third-order valence-electron chi connectivity index (χ3n) is 5.91. The summed E-state index contributed by atoms with van der Waals surface area (Å²) in [6.07, 6.45) is 15.5. The Kier molecular flexibility index (Phi) is 15.0. The maximum Gasteiger partial charge on any atom is 0.00892 e. The zero-order chi connectivity index (χ0) is 19.2. The standard InChI is InChI=1S/C24H51N/c1-20(2)12-9-14-22(5)16-11-17-24(25(7)8)19-18-23(6)15-10-13-21(3)4/h20-24H,9-19H2,1-8H3. The molecule has 0 bridgehead atoms. The Bertz CT molecular complexity index is 282. The Morgan fingerprint density at radius 3 is 1.28 bits per heavy atom. The van der Waals surface area contributed by atoms with Gasteiger partial charge in [-0.3, -0.25) is 0 Å². The van der Waals surface area contributed by atoms with Crippen LogP contribution < -0.4 is 0 Å². The molecule has 0 aliphatic rings. The van der Waals surface area contributed by atoms with Gasteiger partial charge < -0.3 is 4.90 Å². The first-order chi connectivity index (χ1) is 11.7. The molecule has 1 heteroatoms. The summed E-state index contributed by atoms with van der Waals surface area (Å²) in [7, 11) is 4.56. The molecule has 0 fully saturated rings. The molecule has 0 aromatic rings. The summed E-state index contributed by atoms with van der Waals surface area (Å²) in [5, 5.41) is 0. The van der Waals surface area contributed by atoms with Crippen molar-refractivity contribution in [2.45, 2.75) is 118 Å². The lowest BCUT2D eigenvalue weighted by molar-refractivity contribution is 0.236. The molecule has 0 aromatic carbocycles. The number of hydrogen-bond donors (Lipinski definition) is 0. The second-order valence-electron chi connectivity index (χ2n) is 9.99. The topological polar surface area (TPSA) is 3.24 Å². The van der Waals surface area contributed by atoms with Crippen LogP contribution in [0.4, 0.5) is 0 Å². The highest BCUT2D eigenvalue weighted by Gasteiger charge is 2.14. The van der Waals surface area contributed by atoms with Crippen molar-refractivity contribution >= 4 is 0 Å². The molecule has 25 heavy (non-hydrogen) atoms. The Labute approximate surface area is 161 Å². The predicted octanol–water partition coefficient (Wildman–Crippen LogP) is 7.79. The summed E-state index contributed by atoms with van der Waals surface area (Å²) in [6.45, 7) is 14.3. The first-order valence-corrected chi connectivity index (χ1v) is 11.4. The van der Waals surface area contributed by atoms with Gasteiger partial charge in [0.2, 0.25) is 0 Å². The summed E-state index contributed by atoms with van der Waals surface area (Å²) >= 11 is 0. The van der Waals surface area contributed by atoms with Crippen molar-refractivity contribution in [1.82, 2.24) is 4.90 Å². The second-order valence-corrected chi connectivity index (χ2v) is 9.99. The Morgan fingerprint density at radius 1 is 0.480 bits per heavy atom. The SMILES string of the molecule is CC(C)CCCC(C)CCCC(CCC(C)CCCC(C)C)N(C)C. The van der Waals surface area contributed by atoms with Crippen LogP contribution in [0, 0.1) is 23.7 Å². The zero-order valence-corrected chi connectivity index (χ0v) is 19.1. The normalized spacial score (nSPS) is 16.0. The molecule has 0 aliphatic heterocycles. The highest BCUT2D eigenvalue weighted by Crippen LogP contribution is 2.23. The van der Waals surface area contributed by atoms with Crippen molar-refractivity contribution in [1.29, 1.82) is 0 Å². The number of nitrogens with zero attached hydrogens (tertiary/aromatic N) is 1. The molecule has 1 nitrogen and oxygen atoms in total. The van der Waals surface area contributed by atoms with Crippen LogP contribution in [-0.2, 0) is 0 Å². The molecule has 0 spiro atoms. The summed E-state index contributed by atoms with van der Waals surface area (Å²) in [4.78, 5) is 2.48. The second kappa shape index (κ2) is 15.1. The van der Waals surface area contributed by atoms with Crippen molar-refractivity contribution in [3.8, 4) is 0 Å². The highest BCUT2D eigenvalue weighted by molar-refractivity contribution is 4.69. The first kappa shape index (κ1) is 25.0. The summed E-state index contributed by atoms with van der Waals surface area (Å²) in [5.74, 6) is 3.55. The van der Waals surface area contributed by atoms with E-state index in [0.29, 0.717) is 0 Å². The maximum absolute atomic E-state index is 2.48. The maximum atomic E-state index is 2.48. The molecule has 152 valence electrons. The monoisotopic (exact) mass is 353 g/mol. The first-order valence-electron chi connectivity index (χ1n) is 11.4. The van der Waals surface area contributed by atoms with Crippen molar-refractivity contribution in [3.05, 3.63) is 0 Å². The molecular weight excluding hydrogens is 302 g/mol. The lowest BCUT2D eigenvalue weighted by Gasteiger charge is -2.26. The molecule has 0 saturated heterocycles. The van der Waals surface area contributed by atoms with E-state index < -0.39 is 0 Å². The Hall–Kier alpha value is -0.0400. The lowest BCUT2D eigenvalue weighted by Crippen LogP contribution is -2.28. The minimum absolute atomic E-state index is 0.787. The molecule has 0 heterocycles. The molecule has 0 saturated carbocycles. The van der Waals surface area contributed by atoms with Gasteiger partial charge in [-0.25, -0.2) is 0 Å². The van der Waals surface area contributed by atoms with Gasteiger partial charge in [-0.1, -0.05) is 92.9 Å². The van der Waals surface area contributed by atoms with Crippen molar-refractivity contribution in [2.24, 2.45) is 23.7 Å². The van der Waals surface area contributed by atoms with Crippen LogP contribution in [0.5, 0.6) is 0 Å². The molecule has 0 aliphatic carbocycles. The molecule has 0 amide bonds. The Balaban J connectivity index is 3.90. The van der Waals surface area contributed by atoms with Gasteiger partial charge in [0.05, 0.1) is 0 Å². The lowest BCUT2D eigenvalue weighted by atomic mass is 9.91. The number of rotatable bonds is 16. The van der Waals surface area contributed by atoms with Crippen LogP contribution >= 0.6 is 0 Å². The number of hydrogen-bond acceptors (Lipinski definition) is 1. The van der Waals surface area contributed by atoms with E-state index in [-0.39, 0.29) is 0 Å². The van der Waals surface area contributed by atoms with E-state index in [1.165, 1.54) is 70.6 Å². The van der Waals surface area contributed by atoms with Gasteiger partial charge >= 0.3 is 0 Å². The zero-order valence-electron chi connectivity index (χ0n) is 19.1. The van der Waals surface area contributed by atoms with Crippen molar-refractivity contribution in [3.63, 3.8) is 0 Å². The van der Waals surface area contributed by atoms with E-state index in [9.17, 15) is 0 Å².